The Morgan fingerprint density at radius 2 is 2.23 bits per heavy atom. The van der Waals surface area contributed by atoms with Crippen molar-refractivity contribution < 1.29 is 4.74 Å². The van der Waals surface area contributed by atoms with E-state index in [0.717, 1.165) is 32.7 Å². The molecule has 0 amide bonds. The van der Waals surface area contributed by atoms with Crippen LogP contribution in [0.1, 0.15) is 19.8 Å². The molecule has 1 fully saturated rings. The maximum absolute atomic E-state index is 8.56. The predicted molar refractivity (Wildman–Crippen MR) is 49.8 cm³/mol. The topological polar surface area (TPSA) is 48.3 Å². The molecule has 0 aliphatic carbocycles. The van der Waals surface area contributed by atoms with Crippen LogP contribution in [-0.4, -0.2) is 37.4 Å². The zero-order valence-corrected chi connectivity index (χ0v) is 8.12. The van der Waals surface area contributed by atoms with Crippen LogP contribution in [0, 0.1) is 11.3 Å². The molecule has 1 N–H and O–H groups in total. The smallest absolute Gasteiger partial charge is 0.0638 e. The largest absolute Gasteiger partial charge is 0.379 e. The maximum atomic E-state index is 8.56. The quantitative estimate of drug-likeness (QED) is 0.690. The lowest BCUT2D eigenvalue weighted by Gasteiger charge is -2.30. The first kappa shape index (κ1) is 10.5. The summed E-state index contributed by atoms with van der Waals surface area (Å²) in [6.07, 6.45) is 1.57. The third kappa shape index (κ3) is 3.73. The van der Waals surface area contributed by atoms with E-state index >= 15 is 0 Å². The average molecular weight is 183 g/mol. The van der Waals surface area contributed by atoms with Crippen molar-refractivity contribution in [1.29, 1.82) is 5.26 Å². The number of nitriles is 1. The Kier molecular flexibility index (Phi) is 4.76. The number of ether oxygens (including phenoxy) is 1. The van der Waals surface area contributed by atoms with E-state index in [4.69, 9.17) is 10.00 Å². The third-order valence-electron chi connectivity index (χ3n) is 2.21. The van der Waals surface area contributed by atoms with E-state index in [0.29, 0.717) is 12.5 Å². The Morgan fingerprint density at radius 1 is 1.54 bits per heavy atom. The van der Waals surface area contributed by atoms with Gasteiger partial charge in [-0.3, -0.25) is 5.43 Å². The Morgan fingerprint density at radius 3 is 2.77 bits per heavy atom. The normalized spacial score (nSPS) is 20.9. The minimum atomic E-state index is 0.295. The molecule has 0 aromatic rings. The van der Waals surface area contributed by atoms with Gasteiger partial charge < -0.3 is 4.74 Å². The summed E-state index contributed by atoms with van der Waals surface area (Å²) in [5.41, 5.74) is 3.34. The summed E-state index contributed by atoms with van der Waals surface area (Å²) in [5.74, 6) is 0. The minimum absolute atomic E-state index is 0.295. The fourth-order valence-electron chi connectivity index (χ4n) is 1.34. The second-order valence-electron chi connectivity index (χ2n) is 3.20. The Hall–Kier alpha value is -0.630. The van der Waals surface area contributed by atoms with Crippen molar-refractivity contribution in [3.8, 4) is 6.07 Å². The molecule has 1 rings (SSSR count). The molecule has 0 spiro atoms. The van der Waals surface area contributed by atoms with Gasteiger partial charge in [0.05, 0.1) is 25.7 Å². The molecule has 0 aromatic heterocycles. The van der Waals surface area contributed by atoms with Gasteiger partial charge in [-0.2, -0.15) is 5.26 Å². The van der Waals surface area contributed by atoms with Gasteiger partial charge in [0, 0.05) is 19.1 Å². The van der Waals surface area contributed by atoms with Crippen molar-refractivity contribution in [3.05, 3.63) is 0 Å². The van der Waals surface area contributed by atoms with Crippen LogP contribution in [0.4, 0.5) is 0 Å². The van der Waals surface area contributed by atoms with E-state index in [9.17, 15) is 0 Å². The summed E-state index contributed by atoms with van der Waals surface area (Å²) in [5, 5.41) is 10.7. The second-order valence-corrected chi connectivity index (χ2v) is 3.20. The first-order valence-electron chi connectivity index (χ1n) is 4.82. The van der Waals surface area contributed by atoms with Crippen LogP contribution in [0.25, 0.3) is 0 Å². The van der Waals surface area contributed by atoms with Crippen molar-refractivity contribution in [2.24, 2.45) is 0 Å². The van der Waals surface area contributed by atoms with Crippen molar-refractivity contribution >= 4 is 0 Å². The molecule has 0 radical (unpaired) electrons. The molecule has 1 saturated heterocycles. The number of hydrogen-bond donors (Lipinski definition) is 1. The molecule has 1 unspecified atom stereocenters. The molecule has 0 aromatic carbocycles. The fraction of sp³-hybridized carbons (Fsp3) is 0.889. The summed E-state index contributed by atoms with van der Waals surface area (Å²) < 4.78 is 5.23. The van der Waals surface area contributed by atoms with Gasteiger partial charge in [0.1, 0.15) is 0 Å². The molecule has 4 heteroatoms. The molecule has 0 saturated carbocycles. The van der Waals surface area contributed by atoms with E-state index in [-0.39, 0.29) is 0 Å². The number of hydrazine groups is 1. The Balaban J connectivity index is 2.23. The van der Waals surface area contributed by atoms with Crippen LogP contribution in [0.2, 0.25) is 0 Å². The first-order valence-corrected chi connectivity index (χ1v) is 4.82. The molecule has 1 heterocycles. The van der Waals surface area contributed by atoms with Crippen molar-refractivity contribution in [1.82, 2.24) is 10.4 Å². The average Bonchev–Trinajstić information content (AvgIpc) is 2.19. The van der Waals surface area contributed by atoms with E-state index in [1.54, 1.807) is 0 Å². The third-order valence-corrected chi connectivity index (χ3v) is 2.21. The van der Waals surface area contributed by atoms with Crippen LogP contribution < -0.4 is 5.43 Å². The molecule has 1 aliphatic rings. The highest BCUT2D eigenvalue weighted by Gasteiger charge is 2.13. The second kappa shape index (κ2) is 5.92. The Bertz CT molecular complexity index is 172. The predicted octanol–water partition coefficient (Wildman–Crippen LogP) is 0.515. The fourth-order valence-corrected chi connectivity index (χ4v) is 1.34. The summed E-state index contributed by atoms with van der Waals surface area (Å²) in [6.45, 7) is 5.51. The number of rotatable bonds is 4. The van der Waals surface area contributed by atoms with E-state index in [1.165, 1.54) is 0 Å². The van der Waals surface area contributed by atoms with Gasteiger partial charge in [-0.25, -0.2) is 5.01 Å². The van der Waals surface area contributed by atoms with Gasteiger partial charge in [-0.15, -0.1) is 0 Å². The number of hydrogen-bond acceptors (Lipinski definition) is 4. The van der Waals surface area contributed by atoms with Crippen molar-refractivity contribution in [2.75, 3.05) is 26.3 Å². The van der Waals surface area contributed by atoms with Gasteiger partial charge in [-0.1, -0.05) is 6.92 Å². The van der Waals surface area contributed by atoms with Crippen LogP contribution in [0.5, 0.6) is 0 Å². The van der Waals surface area contributed by atoms with E-state index in [1.807, 2.05) is 0 Å². The molecular formula is C9H17N3O. The Labute approximate surface area is 79.4 Å². The molecule has 13 heavy (non-hydrogen) atoms. The molecule has 1 aliphatic heterocycles. The number of morpholine rings is 1. The lowest BCUT2D eigenvalue weighted by molar-refractivity contribution is 0.00364. The summed E-state index contributed by atoms with van der Waals surface area (Å²) in [6, 6.07) is 2.48. The van der Waals surface area contributed by atoms with Gasteiger partial charge in [0.15, 0.2) is 0 Å². The monoisotopic (exact) mass is 183 g/mol. The highest BCUT2D eigenvalue weighted by Crippen LogP contribution is 2.00. The van der Waals surface area contributed by atoms with E-state index < -0.39 is 0 Å². The highest BCUT2D eigenvalue weighted by atomic mass is 16.5. The van der Waals surface area contributed by atoms with Crippen LogP contribution in [-0.2, 0) is 4.74 Å². The minimum Gasteiger partial charge on any atom is -0.379 e. The molecule has 1 atom stereocenters. The van der Waals surface area contributed by atoms with Crippen molar-refractivity contribution in [3.63, 3.8) is 0 Å². The van der Waals surface area contributed by atoms with Crippen molar-refractivity contribution in [2.45, 2.75) is 25.8 Å². The van der Waals surface area contributed by atoms with Gasteiger partial charge >= 0.3 is 0 Å². The summed E-state index contributed by atoms with van der Waals surface area (Å²) >= 11 is 0. The van der Waals surface area contributed by atoms with Crippen LogP contribution in [0.15, 0.2) is 0 Å². The molecule has 0 bridgehead atoms. The number of nitrogens with zero attached hydrogens (tertiary/aromatic N) is 2. The highest BCUT2D eigenvalue weighted by molar-refractivity contribution is 4.79. The summed E-state index contributed by atoms with van der Waals surface area (Å²) in [4.78, 5) is 0. The number of nitrogens with one attached hydrogen (secondary N) is 1. The molecule has 4 nitrogen and oxygen atoms in total. The zero-order valence-electron chi connectivity index (χ0n) is 8.12. The SMILES string of the molecule is CCC(CC#N)NN1CCOCC1. The molecule has 74 valence electrons. The van der Waals surface area contributed by atoms with E-state index in [2.05, 4.69) is 23.4 Å². The van der Waals surface area contributed by atoms with Crippen LogP contribution >= 0.6 is 0 Å². The van der Waals surface area contributed by atoms with Gasteiger partial charge in [0.2, 0.25) is 0 Å². The first-order chi connectivity index (χ1) is 6.36. The van der Waals surface area contributed by atoms with Gasteiger partial charge in [0.25, 0.3) is 0 Å². The lowest BCUT2D eigenvalue weighted by atomic mass is 10.2. The summed E-state index contributed by atoms with van der Waals surface area (Å²) in [7, 11) is 0. The maximum Gasteiger partial charge on any atom is 0.0638 e. The van der Waals surface area contributed by atoms with Gasteiger partial charge in [-0.05, 0) is 6.42 Å². The van der Waals surface area contributed by atoms with Crippen LogP contribution in [0.3, 0.4) is 0 Å². The lowest BCUT2D eigenvalue weighted by Crippen LogP contribution is -2.49. The standard InChI is InChI=1S/C9H17N3O/c1-2-9(3-4-10)11-12-5-7-13-8-6-12/h9,11H,2-3,5-8H2,1H3. The molecular weight excluding hydrogens is 166 g/mol. The zero-order chi connectivity index (χ0) is 9.52.